The maximum atomic E-state index is 13.3. The largest absolute Gasteiger partial charge is 0.457 e. The summed E-state index contributed by atoms with van der Waals surface area (Å²) in [6.07, 6.45) is 1.71. The van der Waals surface area contributed by atoms with Crippen LogP contribution >= 0.6 is 15.9 Å². The molecule has 1 aromatic carbocycles. The molecule has 0 bridgehead atoms. The number of benzene rings is 1. The molecular formula is C15H13BrFN5O. The zero-order valence-electron chi connectivity index (χ0n) is 12.5. The summed E-state index contributed by atoms with van der Waals surface area (Å²) >= 11 is 3.15. The Hall–Kier alpha value is -2.35. The average Bonchev–Trinajstić information content (AvgIpc) is 2.96. The molecule has 0 fully saturated rings. The van der Waals surface area contributed by atoms with Crippen LogP contribution < -0.4 is 4.74 Å². The minimum Gasteiger partial charge on any atom is -0.457 e. The van der Waals surface area contributed by atoms with Crippen LogP contribution in [0.25, 0.3) is 5.69 Å². The van der Waals surface area contributed by atoms with Crippen LogP contribution in [-0.4, -0.2) is 25.0 Å². The highest BCUT2D eigenvalue weighted by atomic mass is 79.9. The molecule has 2 aromatic heterocycles. The average molecular weight is 378 g/mol. The minimum absolute atomic E-state index is 0.200. The first-order valence-corrected chi connectivity index (χ1v) is 7.62. The van der Waals surface area contributed by atoms with E-state index in [9.17, 15) is 4.39 Å². The van der Waals surface area contributed by atoms with E-state index in [0.29, 0.717) is 21.9 Å². The SMILES string of the molecule is Cc1cc(C)nc(OCc2cn(-c3ccc(F)c(Br)c3)nn2)n1. The first kappa shape index (κ1) is 15.5. The monoisotopic (exact) mass is 377 g/mol. The van der Waals surface area contributed by atoms with Gasteiger partial charge in [0.15, 0.2) is 0 Å². The van der Waals surface area contributed by atoms with Gasteiger partial charge in [-0.25, -0.2) is 19.0 Å². The fraction of sp³-hybridized carbons (Fsp3) is 0.200. The Bertz CT molecular complexity index is 831. The summed E-state index contributed by atoms with van der Waals surface area (Å²) in [5.74, 6) is -0.329. The Balaban J connectivity index is 1.73. The molecular weight excluding hydrogens is 365 g/mol. The van der Waals surface area contributed by atoms with Crippen molar-refractivity contribution >= 4 is 15.9 Å². The predicted molar refractivity (Wildman–Crippen MR) is 84.9 cm³/mol. The van der Waals surface area contributed by atoms with Gasteiger partial charge < -0.3 is 4.74 Å². The first-order valence-electron chi connectivity index (χ1n) is 6.83. The number of aromatic nitrogens is 5. The Morgan fingerprint density at radius 3 is 2.61 bits per heavy atom. The van der Waals surface area contributed by atoms with Crippen molar-refractivity contribution < 1.29 is 9.13 Å². The zero-order valence-corrected chi connectivity index (χ0v) is 14.1. The lowest BCUT2D eigenvalue weighted by Crippen LogP contribution is -2.01. The van der Waals surface area contributed by atoms with Gasteiger partial charge in [0.1, 0.15) is 18.1 Å². The van der Waals surface area contributed by atoms with Gasteiger partial charge >= 0.3 is 6.01 Å². The van der Waals surface area contributed by atoms with E-state index in [1.165, 1.54) is 6.07 Å². The lowest BCUT2D eigenvalue weighted by molar-refractivity contribution is 0.275. The molecule has 0 N–H and O–H groups in total. The van der Waals surface area contributed by atoms with E-state index in [1.807, 2.05) is 19.9 Å². The van der Waals surface area contributed by atoms with Crippen molar-refractivity contribution in [2.75, 3.05) is 0 Å². The normalized spacial score (nSPS) is 10.8. The van der Waals surface area contributed by atoms with E-state index < -0.39 is 0 Å². The third kappa shape index (κ3) is 3.70. The van der Waals surface area contributed by atoms with Crippen LogP contribution in [0.2, 0.25) is 0 Å². The lowest BCUT2D eigenvalue weighted by Gasteiger charge is -2.04. The van der Waals surface area contributed by atoms with Crippen molar-refractivity contribution in [3.8, 4) is 11.7 Å². The lowest BCUT2D eigenvalue weighted by atomic mass is 10.3. The molecule has 0 aliphatic heterocycles. The fourth-order valence-corrected chi connectivity index (χ4v) is 2.38. The molecule has 0 unspecified atom stereocenters. The summed E-state index contributed by atoms with van der Waals surface area (Å²) in [6, 6.07) is 6.78. The molecule has 8 heteroatoms. The fourth-order valence-electron chi connectivity index (χ4n) is 2.01. The van der Waals surface area contributed by atoms with Gasteiger partial charge in [-0.05, 0) is 54.0 Å². The van der Waals surface area contributed by atoms with Crippen molar-refractivity contribution in [3.63, 3.8) is 0 Å². The molecule has 6 nitrogen and oxygen atoms in total. The number of aryl methyl sites for hydroxylation is 2. The molecule has 0 saturated carbocycles. The maximum Gasteiger partial charge on any atom is 0.317 e. The summed E-state index contributed by atoms with van der Waals surface area (Å²) in [7, 11) is 0. The number of nitrogens with zero attached hydrogens (tertiary/aromatic N) is 5. The molecule has 0 radical (unpaired) electrons. The molecule has 3 aromatic rings. The Labute approximate surface area is 140 Å². The van der Waals surface area contributed by atoms with Crippen LogP contribution in [0.15, 0.2) is 34.9 Å². The number of hydrogen-bond acceptors (Lipinski definition) is 5. The van der Waals surface area contributed by atoms with Gasteiger partial charge in [0.25, 0.3) is 0 Å². The van der Waals surface area contributed by atoms with Crippen LogP contribution in [0.1, 0.15) is 17.1 Å². The molecule has 0 aliphatic rings. The highest BCUT2D eigenvalue weighted by molar-refractivity contribution is 9.10. The van der Waals surface area contributed by atoms with E-state index in [0.717, 1.165) is 11.4 Å². The topological polar surface area (TPSA) is 65.7 Å². The number of rotatable bonds is 4. The van der Waals surface area contributed by atoms with Gasteiger partial charge in [-0.1, -0.05) is 5.21 Å². The van der Waals surface area contributed by atoms with Crippen LogP contribution in [0.5, 0.6) is 6.01 Å². The van der Waals surface area contributed by atoms with Crippen molar-refractivity contribution in [1.82, 2.24) is 25.0 Å². The smallest absolute Gasteiger partial charge is 0.317 e. The summed E-state index contributed by atoms with van der Waals surface area (Å²) in [5, 5.41) is 8.04. The summed E-state index contributed by atoms with van der Waals surface area (Å²) < 4.78 is 20.7. The quantitative estimate of drug-likeness (QED) is 0.698. The molecule has 0 atom stereocenters. The summed E-state index contributed by atoms with van der Waals surface area (Å²) in [4.78, 5) is 8.40. The van der Waals surface area contributed by atoms with E-state index in [2.05, 4.69) is 36.2 Å². The van der Waals surface area contributed by atoms with Gasteiger partial charge in [-0.15, -0.1) is 5.10 Å². The van der Waals surface area contributed by atoms with Gasteiger partial charge in [0.2, 0.25) is 0 Å². The maximum absolute atomic E-state index is 13.3. The molecule has 3 rings (SSSR count). The molecule has 0 saturated heterocycles. The molecule has 23 heavy (non-hydrogen) atoms. The van der Waals surface area contributed by atoms with Crippen LogP contribution in [0, 0.1) is 19.7 Å². The van der Waals surface area contributed by atoms with Gasteiger partial charge in [-0.3, -0.25) is 0 Å². The number of hydrogen-bond donors (Lipinski definition) is 0. The molecule has 0 amide bonds. The zero-order chi connectivity index (χ0) is 16.4. The first-order chi connectivity index (χ1) is 11.0. The predicted octanol–water partition coefficient (Wildman–Crippen LogP) is 3.15. The van der Waals surface area contributed by atoms with Crippen molar-refractivity contribution in [2.24, 2.45) is 0 Å². The van der Waals surface area contributed by atoms with Crippen molar-refractivity contribution in [1.29, 1.82) is 0 Å². The minimum atomic E-state index is -0.329. The molecule has 2 heterocycles. The highest BCUT2D eigenvalue weighted by Gasteiger charge is 2.08. The van der Waals surface area contributed by atoms with Crippen LogP contribution in [0.3, 0.4) is 0 Å². The second-order valence-corrected chi connectivity index (χ2v) is 5.83. The second-order valence-electron chi connectivity index (χ2n) is 4.97. The van der Waals surface area contributed by atoms with E-state index in [4.69, 9.17) is 4.74 Å². The molecule has 118 valence electrons. The van der Waals surface area contributed by atoms with Crippen LogP contribution in [-0.2, 0) is 6.61 Å². The van der Waals surface area contributed by atoms with E-state index in [-0.39, 0.29) is 12.4 Å². The third-order valence-corrected chi connectivity index (χ3v) is 3.63. The molecule has 0 aliphatic carbocycles. The molecule has 0 spiro atoms. The standard InChI is InChI=1S/C15H13BrFN5O/c1-9-5-10(2)19-15(18-9)23-8-11-7-22(21-20-11)12-3-4-14(17)13(16)6-12/h3-7H,8H2,1-2H3. The van der Waals surface area contributed by atoms with Crippen molar-refractivity contribution in [3.05, 3.63) is 57.8 Å². The van der Waals surface area contributed by atoms with Gasteiger partial charge in [-0.2, -0.15) is 0 Å². The Morgan fingerprint density at radius 1 is 1.17 bits per heavy atom. The van der Waals surface area contributed by atoms with E-state index >= 15 is 0 Å². The summed E-state index contributed by atoms with van der Waals surface area (Å²) in [6.45, 7) is 3.96. The van der Waals surface area contributed by atoms with Gasteiger partial charge in [0, 0.05) is 11.4 Å². The Morgan fingerprint density at radius 2 is 1.91 bits per heavy atom. The highest BCUT2D eigenvalue weighted by Crippen LogP contribution is 2.19. The number of ether oxygens (including phenoxy) is 1. The Kier molecular flexibility index (Phi) is 4.33. The third-order valence-electron chi connectivity index (χ3n) is 3.02. The van der Waals surface area contributed by atoms with Gasteiger partial charge in [0.05, 0.1) is 16.4 Å². The summed E-state index contributed by atoms with van der Waals surface area (Å²) in [5.41, 5.74) is 2.99. The number of halogens is 2. The van der Waals surface area contributed by atoms with E-state index in [1.54, 1.807) is 23.0 Å². The second kappa shape index (κ2) is 6.41. The van der Waals surface area contributed by atoms with Crippen LogP contribution in [0.4, 0.5) is 4.39 Å². The van der Waals surface area contributed by atoms with Crippen molar-refractivity contribution in [2.45, 2.75) is 20.5 Å².